The van der Waals surface area contributed by atoms with Gasteiger partial charge in [0.15, 0.2) is 0 Å². The molecule has 1 rings (SSSR count). The molecule has 3 atom stereocenters. The molecule has 1 N–H and O–H groups in total. The number of nitrogens with zero attached hydrogens (tertiary/aromatic N) is 1. The third-order valence-electron chi connectivity index (χ3n) is 3.37. The van der Waals surface area contributed by atoms with E-state index in [0.717, 1.165) is 32.1 Å². The minimum absolute atomic E-state index is 0.373. The summed E-state index contributed by atoms with van der Waals surface area (Å²) in [5.74, 6) is 0.732. The number of hydrogen-bond donors (Lipinski definition) is 1. The molecule has 0 aliphatic carbocycles. The fourth-order valence-electron chi connectivity index (χ4n) is 2.59. The number of hydrogen-bond acceptors (Lipinski definition) is 3. The molecule has 102 valence electrons. The van der Waals surface area contributed by atoms with Crippen molar-refractivity contribution in [1.29, 1.82) is 0 Å². The van der Waals surface area contributed by atoms with Gasteiger partial charge in [-0.3, -0.25) is 4.90 Å². The average Bonchev–Trinajstić information content (AvgIpc) is 2.22. The van der Waals surface area contributed by atoms with E-state index in [9.17, 15) is 0 Å². The van der Waals surface area contributed by atoms with E-state index in [4.69, 9.17) is 4.74 Å². The second kappa shape index (κ2) is 7.34. The first-order valence-corrected chi connectivity index (χ1v) is 7.13. The van der Waals surface area contributed by atoms with Gasteiger partial charge in [-0.05, 0) is 32.7 Å². The summed E-state index contributed by atoms with van der Waals surface area (Å²) in [6, 6.07) is 0.655. The molecule has 1 fully saturated rings. The summed E-state index contributed by atoms with van der Waals surface area (Å²) >= 11 is 0. The molecule has 3 nitrogen and oxygen atoms in total. The van der Waals surface area contributed by atoms with E-state index < -0.39 is 0 Å². The summed E-state index contributed by atoms with van der Waals surface area (Å²) in [7, 11) is 0. The summed E-state index contributed by atoms with van der Waals surface area (Å²) in [4.78, 5) is 2.59. The second-order valence-corrected chi connectivity index (χ2v) is 5.83. The molecule has 3 unspecified atom stereocenters. The van der Waals surface area contributed by atoms with Gasteiger partial charge < -0.3 is 10.1 Å². The van der Waals surface area contributed by atoms with Crippen LogP contribution < -0.4 is 5.32 Å². The van der Waals surface area contributed by atoms with Crippen LogP contribution in [0, 0.1) is 5.92 Å². The molecule has 0 aromatic heterocycles. The molecule has 0 amide bonds. The van der Waals surface area contributed by atoms with E-state index in [1.165, 1.54) is 6.42 Å². The minimum Gasteiger partial charge on any atom is -0.373 e. The first-order valence-electron chi connectivity index (χ1n) is 7.13. The van der Waals surface area contributed by atoms with Crippen molar-refractivity contribution in [3.05, 3.63) is 0 Å². The molecular formula is C14H30N2O. The van der Waals surface area contributed by atoms with Gasteiger partial charge in [0.2, 0.25) is 0 Å². The molecule has 3 heteroatoms. The van der Waals surface area contributed by atoms with Gasteiger partial charge in [0.1, 0.15) is 0 Å². The van der Waals surface area contributed by atoms with Crippen molar-refractivity contribution in [2.75, 3.05) is 26.2 Å². The van der Waals surface area contributed by atoms with Crippen molar-refractivity contribution in [3.63, 3.8) is 0 Å². The SMILES string of the molecule is CCC(CNCC(C)C)N1CC(C)OC(C)C1. The van der Waals surface area contributed by atoms with E-state index in [1.54, 1.807) is 0 Å². The Morgan fingerprint density at radius 3 is 2.24 bits per heavy atom. The smallest absolute Gasteiger partial charge is 0.0678 e. The molecule has 1 heterocycles. The average molecular weight is 242 g/mol. The fourth-order valence-corrected chi connectivity index (χ4v) is 2.59. The van der Waals surface area contributed by atoms with Gasteiger partial charge in [0.25, 0.3) is 0 Å². The van der Waals surface area contributed by atoms with E-state index in [2.05, 4.69) is 44.8 Å². The van der Waals surface area contributed by atoms with Crippen LogP contribution in [-0.2, 0) is 4.74 Å². The Labute approximate surface area is 107 Å². The van der Waals surface area contributed by atoms with Gasteiger partial charge in [-0.25, -0.2) is 0 Å². The maximum absolute atomic E-state index is 5.79. The maximum atomic E-state index is 5.79. The van der Waals surface area contributed by atoms with Crippen LogP contribution in [-0.4, -0.2) is 49.3 Å². The predicted molar refractivity (Wildman–Crippen MR) is 73.4 cm³/mol. The number of morpholine rings is 1. The summed E-state index contributed by atoms with van der Waals surface area (Å²) in [5.41, 5.74) is 0. The van der Waals surface area contributed by atoms with Crippen molar-refractivity contribution < 1.29 is 4.74 Å². The monoisotopic (exact) mass is 242 g/mol. The topological polar surface area (TPSA) is 24.5 Å². The Morgan fingerprint density at radius 1 is 1.18 bits per heavy atom. The van der Waals surface area contributed by atoms with Crippen LogP contribution in [0.3, 0.4) is 0 Å². The summed E-state index contributed by atoms with van der Waals surface area (Å²) < 4.78 is 5.79. The molecule has 0 bridgehead atoms. The van der Waals surface area contributed by atoms with Crippen LogP contribution in [0.5, 0.6) is 0 Å². The minimum atomic E-state index is 0.373. The molecule has 0 spiro atoms. The van der Waals surface area contributed by atoms with Crippen LogP contribution in [0.15, 0.2) is 0 Å². The Bertz CT molecular complexity index is 198. The van der Waals surface area contributed by atoms with Gasteiger partial charge in [-0.15, -0.1) is 0 Å². The number of rotatable bonds is 6. The Hall–Kier alpha value is -0.120. The van der Waals surface area contributed by atoms with Gasteiger partial charge >= 0.3 is 0 Å². The molecule has 0 aromatic rings. The normalized spacial score (nSPS) is 28.6. The molecular weight excluding hydrogens is 212 g/mol. The van der Waals surface area contributed by atoms with Crippen LogP contribution >= 0.6 is 0 Å². The summed E-state index contributed by atoms with van der Waals surface area (Å²) in [5, 5.41) is 3.58. The number of nitrogens with one attached hydrogen (secondary N) is 1. The van der Waals surface area contributed by atoms with Crippen molar-refractivity contribution in [1.82, 2.24) is 10.2 Å². The Balaban J connectivity index is 2.37. The standard InChI is InChI=1S/C14H30N2O/c1-6-14(8-15-7-11(2)3)16-9-12(4)17-13(5)10-16/h11-15H,6-10H2,1-5H3. The molecule has 1 saturated heterocycles. The predicted octanol–water partition coefficient (Wildman–Crippen LogP) is 2.12. The lowest BCUT2D eigenvalue weighted by Gasteiger charge is -2.40. The van der Waals surface area contributed by atoms with Crippen molar-refractivity contribution >= 4 is 0 Å². The molecule has 1 aliphatic heterocycles. The lowest BCUT2D eigenvalue weighted by atomic mass is 10.1. The first kappa shape index (κ1) is 14.9. The Kier molecular flexibility index (Phi) is 6.45. The highest BCUT2D eigenvalue weighted by Gasteiger charge is 2.26. The zero-order valence-electron chi connectivity index (χ0n) is 12.2. The van der Waals surface area contributed by atoms with Crippen LogP contribution in [0.25, 0.3) is 0 Å². The van der Waals surface area contributed by atoms with Crippen LogP contribution in [0.4, 0.5) is 0 Å². The van der Waals surface area contributed by atoms with Crippen molar-refractivity contribution in [2.24, 2.45) is 5.92 Å². The molecule has 0 radical (unpaired) electrons. The van der Waals surface area contributed by atoms with E-state index in [0.29, 0.717) is 18.2 Å². The lowest BCUT2D eigenvalue weighted by molar-refractivity contribution is -0.0804. The van der Waals surface area contributed by atoms with Gasteiger partial charge in [-0.2, -0.15) is 0 Å². The quantitative estimate of drug-likeness (QED) is 0.772. The number of ether oxygens (including phenoxy) is 1. The summed E-state index contributed by atoms with van der Waals surface area (Å²) in [6.45, 7) is 15.5. The molecule has 0 saturated carbocycles. The third kappa shape index (κ3) is 5.36. The second-order valence-electron chi connectivity index (χ2n) is 5.83. The highest BCUT2D eigenvalue weighted by molar-refractivity contribution is 4.80. The third-order valence-corrected chi connectivity index (χ3v) is 3.37. The highest BCUT2D eigenvalue weighted by atomic mass is 16.5. The van der Waals surface area contributed by atoms with E-state index >= 15 is 0 Å². The largest absolute Gasteiger partial charge is 0.373 e. The molecule has 17 heavy (non-hydrogen) atoms. The van der Waals surface area contributed by atoms with Gasteiger partial charge in [0, 0.05) is 25.7 Å². The zero-order chi connectivity index (χ0) is 12.8. The van der Waals surface area contributed by atoms with E-state index in [-0.39, 0.29) is 0 Å². The lowest BCUT2D eigenvalue weighted by Crippen LogP contribution is -2.52. The summed E-state index contributed by atoms with van der Waals surface area (Å²) in [6.07, 6.45) is 1.96. The van der Waals surface area contributed by atoms with E-state index in [1.807, 2.05) is 0 Å². The Morgan fingerprint density at radius 2 is 1.76 bits per heavy atom. The maximum Gasteiger partial charge on any atom is 0.0678 e. The highest BCUT2D eigenvalue weighted by Crippen LogP contribution is 2.15. The van der Waals surface area contributed by atoms with Crippen LogP contribution in [0.2, 0.25) is 0 Å². The van der Waals surface area contributed by atoms with Crippen molar-refractivity contribution in [3.8, 4) is 0 Å². The fraction of sp³-hybridized carbons (Fsp3) is 1.00. The first-order chi connectivity index (χ1) is 8.02. The van der Waals surface area contributed by atoms with Gasteiger partial charge in [0.05, 0.1) is 12.2 Å². The zero-order valence-corrected chi connectivity index (χ0v) is 12.2. The van der Waals surface area contributed by atoms with Crippen LogP contribution in [0.1, 0.15) is 41.0 Å². The van der Waals surface area contributed by atoms with Gasteiger partial charge in [-0.1, -0.05) is 20.8 Å². The van der Waals surface area contributed by atoms with Crippen molar-refractivity contribution in [2.45, 2.75) is 59.3 Å². The molecule has 0 aromatic carbocycles. The molecule has 1 aliphatic rings.